The molecule has 5 nitrogen and oxygen atoms in total. The van der Waals surface area contributed by atoms with Gasteiger partial charge in [0, 0.05) is 34.5 Å². The van der Waals surface area contributed by atoms with E-state index in [0.29, 0.717) is 17.5 Å². The summed E-state index contributed by atoms with van der Waals surface area (Å²) in [6, 6.07) is 64.3. The van der Waals surface area contributed by atoms with Crippen LogP contribution in [0.25, 0.3) is 89.8 Å². The third-order valence-corrected chi connectivity index (χ3v) is 12.9. The second-order valence-corrected chi connectivity index (χ2v) is 16.5. The molecule has 0 saturated heterocycles. The van der Waals surface area contributed by atoms with Crippen molar-refractivity contribution in [3.63, 3.8) is 0 Å². The second-order valence-electron chi connectivity index (χ2n) is 16.5. The first-order valence-corrected chi connectivity index (χ1v) is 21.5. The number of nitriles is 1. The maximum atomic E-state index is 9.71. The molecule has 0 N–H and O–H groups in total. The van der Waals surface area contributed by atoms with Crippen LogP contribution in [0, 0.1) is 11.3 Å². The summed E-state index contributed by atoms with van der Waals surface area (Å²) in [5.74, 6) is 1.88. The van der Waals surface area contributed by atoms with E-state index in [-0.39, 0.29) is 5.41 Å². The van der Waals surface area contributed by atoms with Crippen molar-refractivity contribution >= 4 is 0 Å². The average molecular weight is 796 g/mol. The molecule has 0 bridgehead atoms. The summed E-state index contributed by atoms with van der Waals surface area (Å²) < 4.78 is 0. The fourth-order valence-electron chi connectivity index (χ4n) is 9.71. The van der Waals surface area contributed by atoms with Gasteiger partial charge in [-0.2, -0.15) is 5.26 Å². The third kappa shape index (κ3) is 6.76. The number of fused-ring (bicyclic) bond motifs is 5. The Balaban J connectivity index is 0.891. The average Bonchev–Trinajstić information content (AvgIpc) is 3.61. The van der Waals surface area contributed by atoms with Crippen molar-refractivity contribution in [3.8, 4) is 95.9 Å². The van der Waals surface area contributed by atoms with Gasteiger partial charge in [-0.3, -0.25) is 4.98 Å². The van der Waals surface area contributed by atoms with Crippen LogP contribution in [-0.4, -0.2) is 19.9 Å². The highest BCUT2D eigenvalue weighted by Crippen LogP contribution is 2.56. The fourth-order valence-corrected chi connectivity index (χ4v) is 9.71. The Hall–Kier alpha value is -7.81. The molecule has 7 aromatic carbocycles. The Kier molecular flexibility index (Phi) is 9.40. The Morgan fingerprint density at radius 3 is 1.55 bits per heavy atom. The van der Waals surface area contributed by atoms with Crippen LogP contribution in [-0.2, 0) is 5.41 Å². The van der Waals surface area contributed by atoms with E-state index < -0.39 is 0 Å². The summed E-state index contributed by atoms with van der Waals surface area (Å²) in [6.45, 7) is 0. The SMILES string of the molecule is N#Cc1ccc2c(c1)-c1ccc(-c3cccc(-c4ccc(-c5cccc(-c6nc(-c7ccccc7)nc(-c7ccc(-c8cccnc8)cc7)n6)c5)cc4)c3)cc1C21CCCCC1. The van der Waals surface area contributed by atoms with Gasteiger partial charge in [0.05, 0.1) is 11.6 Å². The summed E-state index contributed by atoms with van der Waals surface area (Å²) in [4.78, 5) is 19.3. The number of benzene rings is 7. The Morgan fingerprint density at radius 1 is 0.387 bits per heavy atom. The zero-order chi connectivity index (χ0) is 41.5. The molecular formula is C57H41N5. The molecule has 1 fully saturated rings. The number of rotatable bonds is 7. The largest absolute Gasteiger partial charge is 0.264 e. The number of pyridine rings is 1. The zero-order valence-electron chi connectivity index (χ0n) is 34.2. The van der Waals surface area contributed by atoms with E-state index in [1.807, 2.05) is 48.7 Å². The van der Waals surface area contributed by atoms with E-state index in [2.05, 4.69) is 145 Å². The number of nitrogens with zero attached hydrogens (tertiary/aromatic N) is 5. The molecule has 1 spiro atoms. The molecule has 0 aliphatic heterocycles. The molecule has 2 heterocycles. The minimum atomic E-state index is 0.0288. The molecule has 0 amide bonds. The lowest BCUT2D eigenvalue weighted by Gasteiger charge is -2.36. The molecule has 0 unspecified atom stereocenters. The van der Waals surface area contributed by atoms with Crippen LogP contribution >= 0.6 is 0 Å². The topological polar surface area (TPSA) is 75.3 Å². The predicted octanol–water partition coefficient (Wildman–Crippen LogP) is 14.0. The van der Waals surface area contributed by atoms with E-state index in [0.717, 1.165) is 62.9 Å². The zero-order valence-corrected chi connectivity index (χ0v) is 34.2. The van der Waals surface area contributed by atoms with E-state index in [9.17, 15) is 5.26 Å². The molecule has 11 rings (SSSR count). The van der Waals surface area contributed by atoms with Crippen molar-refractivity contribution in [1.82, 2.24) is 19.9 Å². The maximum Gasteiger partial charge on any atom is 0.164 e. The van der Waals surface area contributed by atoms with Gasteiger partial charge in [-0.1, -0.05) is 159 Å². The molecule has 1 saturated carbocycles. The standard InChI is InChI=1S/C57H41N5/c58-36-38-17-28-52-51(32-38)50-27-26-47(35-53(50)57(52)29-5-2-6-30-57)46-14-7-12-44(33-46)39-18-20-40(21-19-39)45-13-8-15-48(34-45)56-61-54(42-10-3-1-4-11-42)60-55(62-56)43-24-22-41(23-25-43)49-16-9-31-59-37-49/h1,3-4,7-28,31-35,37H,2,5-6,29-30H2. The highest BCUT2D eigenvalue weighted by molar-refractivity contribution is 5.86. The second kappa shape index (κ2) is 15.7. The normalized spacial score (nSPS) is 13.6. The van der Waals surface area contributed by atoms with Gasteiger partial charge in [0.1, 0.15) is 0 Å². The first-order chi connectivity index (χ1) is 30.6. The Morgan fingerprint density at radius 2 is 0.903 bits per heavy atom. The summed E-state index contributed by atoms with van der Waals surface area (Å²) in [5, 5.41) is 9.71. The maximum absolute atomic E-state index is 9.71. The van der Waals surface area contributed by atoms with Gasteiger partial charge in [0.25, 0.3) is 0 Å². The number of hydrogen-bond acceptors (Lipinski definition) is 5. The Bertz CT molecular complexity index is 3140. The summed E-state index contributed by atoms with van der Waals surface area (Å²) >= 11 is 0. The first kappa shape index (κ1) is 37.2. The highest BCUT2D eigenvalue weighted by atomic mass is 15.0. The summed E-state index contributed by atoms with van der Waals surface area (Å²) in [5.41, 5.74) is 18.0. The van der Waals surface area contributed by atoms with Crippen LogP contribution in [0.5, 0.6) is 0 Å². The van der Waals surface area contributed by atoms with Crippen LogP contribution in [0.15, 0.2) is 188 Å². The van der Waals surface area contributed by atoms with Crippen LogP contribution in [0.3, 0.4) is 0 Å². The van der Waals surface area contributed by atoms with Crippen molar-refractivity contribution < 1.29 is 0 Å². The lowest BCUT2D eigenvalue weighted by molar-refractivity contribution is 0.353. The van der Waals surface area contributed by atoms with Crippen LogP contribution in [0.2, 0.25) is 0 Å². The molecule has 9 aromatic rings. The number of aromatic nitrogens is 4. The first-order valence-electron chi connectivity index (χ1n) is 21.5. The van der Waals surface area contributed by atoms with E-state index in [1.54, 1.807) is 6.20 Å². The monoisotopic (exact) mass is 795 g/mol. The summed E-state index contributed by atoms with van der Waals surface area (Å²) in [7, 11) is 0. The van der Waals surface area contributed by atoms with Crippen molar-refractivity contribution in [1.29, 1.82) is 5.26 Å². The summed E-state index contributed by atoms with van der Waals surface area (Å²) in [6.07, 6.45) is 9.72. The van der Waals surface area contributed by atoms with Crippen molar-refractivity contribution in [3.05, 3.63) is 205 Å². The molecule has 2 aliphatic rings. The van der Waals surface area contributed by atoms with Gasteiger partial charge in [-0.15, -0.1) is 0 Å². The van der Waals surface area contributed by atoms with Gasteiger partial charge < -0.3 is 0 Å². The smallest absolute Gasteiger partial charge is 0.164 e. The van der Waals surface area contributed by atoms with Crippen LogP contribution < -0.4 is 0 Å². The molecule has 62 heavy (non-hydrogen) atoms. The minimum absolute atomic E-state index is 0.0288. The Labute approximate surface area is 362 Å². The molecule has 5 heteroatoms. The quantitative estimate of drug-likeness (QED) is 0.161. The van der Waals surface area contributed by atoms with Gasteiger partial charge in [0.15, 0.2) is 17.5 Å². The molecule has 0 atom stereocenters. The van der Waals surface area contributed by atoms with Gasteiger partial charge in [-0.05, 0) is 116 Å². The molecular weight excluding hydrogens is 755 g/mol. The van der Waals surface area contributed by atoms with E-state index in [4.69, 9.17) is 15.0 Å². The van der Waals surface area contributed by atoms with Gasteiger partial charge >= 0.3 is 0 Å². The van der Waals surface area contributed by atoms with Crippen molar-refractivity contribution in [2.24, 2.45) is 0 Å². The molecule has 2 aliphatic carbocycles. The van der Waals surface area contributed by atoms with Crippen LogP contribution in [0.4, 0.5) is 0 Å². The number of hydrogen-bond donors (Lipinski definition) is 0. The fraction of sp³-hybridized carbons (Fsp3) is 0.105. The highest BCUT2D eigenvalue weighted by Gasteiger charge is 2.44. The predicted molar refractivity (Wildman–Crippen MR) is 250 cm³/mol. The molecule has 294 valence electrons. The molecule has 2 aromatic heterocycles. The molecule has 0 radical (unpaired) electrons. The lowest BCUT2D eigenvalue weighted by atomic mass is 9.67. The minimum Gasteiger partial charge on any atom is -0.264 e. The lowest BCUT2D eigenvalue weighted by Crippen LogP contribution is -2.28. The van der Waals surface area contributed by atoms with Crippen LogP contribution in [0.1, 0.15) is 48.8 Å². The van der Waals surface area contributed by atoms with Gasteiger partial charge in [0.2, 0.25) is 0 Å². The third-order valence-electron chi connectivity index (χ3n) is 12.9. The van der Waals surface area contributed by atoms with Crippen molar-refractivity contribution in [2.75, 3.05) is 0 Å². The van der Waals surface area contributed by atoms with Crippen molar-refractivity contribution in [2.45, 2.75) is 37.5 Å². The van der Waals surface area contributed by atoms with E-state index >= 15 is 0 Å². The van der Waals surface area contributed by atoms with E-state index in [1.165, 1.54) is 58.2 Å². The van der Waals surface area contributed by atoms with Gasteiger partial charge in [-0.25, -0.2) is 15.0 Å².